The van der Waals surface area contributed by atoms with Gasteiger partial charge >= 0.3 is 0 Å². The molecule has 1 unspecified atom stereocenters. The van der Waals surface area contributed by atoms with Crippen LogP contribution in [0, 0.1) is 6.92 Å². The van der Waals surface area contributed by atoms with Crippen LogP contribution in [-0.2, 0) is 0 Å². The molecule has 1 fully saturated rings. The van der Waals surface area contributed by atoms with Crippen molar-refractivity contribution in [1.29, 1.82) is 0 Å². The monoisotopic (exact) mass is 229 g/mol. The van der Waals surface area contributed by atoms with Gasteiger partial charge in [0.2, 0.25) is 0 Å². The number of hydrogen-bond acceptors (Lipinski definition) is 3. The van der Waals surface area contributed by atoms with E-state index in [1.165, 1.54) is 0 Å². The summed E-state index contributed by atoms with van der Waals surface area (Å²) in [5, 5.41) is 3.98. The molecule has 88 valence electrons. The Morgan fingerprint density at radius 3 is 3.12 bits per heavy atom. The van der Waals surface area contributed by atoms with Crippen molar-refractivity contribution >= 4 is 10.9 Å². The highest BCUT2D eigenvalue weighted by Crippen LogP contribution is 2.14. The highest BCUT2D eigenvalue weighted by molar-refractivity contribution is 5.77. The lowest BCUT2D eigenvalue weighted by molar-refractivity contribution is 0.525. The first-order valence-electron chi connectivity index (χ1n) is 5.94. The summed E-state index contributed by atoms with van der Waals surface area (Å²) in [4.78, 5) is 16.7. The number of fused-ring (bicyclic) bond motifs is 1. The van der Waals surface area contributed by atoms with Crippen molar-refractivity contribution in [3.8, 4) is 0 Å². The standard InChI is InChI=1S/C13H15N3O/c1-9-2-3-11-12(6-9)15-8-16(13(11)17)10-4-5-14-7-10/h2-3,6,8,10,14H,4-5,7H2,1H3. The van der Waals surface area contributed by atoms with E-state index in [2.05, 4.69) is 10.3 Å². The minimum Gasteiger partial charge on any atom is -0.315 e. The van der Waals surface area contributed by atoms with E-state index in [0.29, 0.717) is 5.39 Å². The molecular formula is C13H15N3O. The average Bonchev–Trinajstić information content (AvgIpc) is 2.82. The zero-order valence-electron chi connectivity index (χ0n) is 9.81. The minimum atomic E-state index is 0.0729. The van der Waals surface area contributed by atoms with Crippen LogP contribution in [0.15, 0.2) is 29.3 Å². The third-order valence-corrected chi connectivity index (χ3v) is 3.37. The Hall–Kier alpha value is -1.68. The van der Waals surface area contributed by atoms with Gasteiger partial charge in [-0.2, -0.15) is 0 Å². The van der Waals surface area contributed by atoms with Crippen molar-refractivity contribution in [2.24, 2.45) is 0 Å². The van der Waals surface area contributed by atoms with Crippen molar-refractivity contribution in [2.75, 3.05) is 13.1 Å². The van der Waals surface area contributed by atoms with Crippen LogP contribution in [0.2, 0.25) is 0 Å². The van der Waals surface area contributed by atoms with E-state index in [0.717, 1.165) is 30.6 Å². The minimum absolute atomic E-state index is 0.0729. The van der Waals surface area contributed by atoms with E-state index >= 15 is 0 Å². The lowest BCUT2D eigenvalue weighted by Gasteiger charge is -2.12. The molecule has 1 aromatic carbocycles. The molecule has 3 rings (SSSR count). The topological polar surface area (TPSA) is 46.9 Å². The third-order valence-electron chi connectivity index (χ3n) is 3.37. The fraction of sp³-hybridized carbons (Fsp3) is 0.385. The van der Waals surface area contributed by atoms with Gasteiger partial charge in [0.25, 0.3) is 5.56 Å². The molecule has 2 aromatic rings. The second-order valence-corrected chi connectivity index (χ2v) is 4.62. The Balaban J connectivity index is 2.18. The summed E-state index contributed by atoms with van der Waals surface area (Å²) < 4.78 is 1.76. The first-order chi connectivity index (χ1) is 8.25. The fourth-order valence-electron chi connectivity index (χ4n) is 2.38. The Labute approximate surface area is 99.3 Å². The lowest BCUT2D eigenvalue weighted by atomic mass is 10.1. The highest BCUT2D eigenvalue weighted by atomic mass is 16.1. The maximum Gasteiger partial charge on any atom is 0.261 e. The van der Waals surface area contributed by atoms with Gasteiger partial charge in [-0.15, -0.1) is 0 Å². The summed E-state index contributed by atoms with van der Waals surface area (Å²) in [5.74, 6) is 0. The zero-order chi connectivity index (χ0) is 11.8. The predicted molar refractivity (Wildman–Crippen MR) is 67.3 cm³/mol. The van der Waals surface area contributed by atoms with E-state index in [9.17, 15) is 4.79 Å². The largest absolute Gasteiger partial charge is 0.315 e. The number of rotatable bonds is 1. The predicted octanol–water partition coefficient (Wildman–Crippen LogP) is 1.24. The van der Waals surface area contributed by atoms with Gasteiger partial charge in [0.15, 0.2) is 0 Å². The van der Waals surface area contributed by atoms with Gasteiger partial charge in [-0.25, -0.2) is 4.98 Å². The summed E-state index contributed by atoms with van der Waals surface area (Å²) in [6.07, 6.45) is 2.68. The van der Waals surface area contributed by atoms with Crippen molar-refractivity contribution in [3.63, 3.8) is 0 Å². The zero-order valence-corrected chi connectivity index (χ0v) is 9.81. The van der Waals surface area contributed by atoms with Crippen molar-refractivity contribution in [3.05, 3.63) is 40.4 Å². The number of nitrogens with one attached hydrogen (secondary N) is 1. The Morgan fingerprint density at radius 1 is 1.47 bits per heavy atom. The molecule has 1 saturated heterocycles. The number of hydrogen-bond donors (Lipinski definition) is 1. The SMILES string of the molecule is Cc1ccc2c(=O)n(C3CCNC3)cnc2c1. The summed E-state index contributed by atoms with van der Waals surface area (Å²) in [6, 6.07) is 6.04. The van der Waals surface area contributed by atoms with Crippen LogP contribution in [0.5, 0.6) is 0 Å². The summed E-state index contributed by atoms with van der Waals surface area (Å²) in [7, 11) is 0. The van der Waals surface area contributed by atoms with Gasteiger partial charge in [0.05, 0.1) is 23.3 Å². The van der Waals surface area contributed by atoms with Crippen LogP contribution < -0.4 is 10.9 Å². The molecule has 0 radical (unpaired) electrons. The third kappa shape index (κ3) is 1.74. The maximum absolute atomic E-state index is 12.3. The van der Waals surface area contributed by atoms with Crippen LogP contribution >= 0.6 is 0 Å². The van der Waals surface area contributed by atoms with Gasteiger partial charge < -0.3 is 5.32 Å². The average molecular weight is 229 g/mol. The van der Waals surface area contributed by atoms with Crippen LogP contribution in [0.4, 0.5) is 0 Å². The van der Waals surface area contributed by atoms with Crippen LogP contribution in [0.25, 0.3) is 10.9 Å². The highest BCUT2D eigenvalue weighted by Gasteiger charge is 2.18. The van der Waals surface area contributed by atoms with E-state index in [4.69, 9.17) is 0 Å². The quantitative estimate of drug-likeness (QED) is 0.800. The first kappa shape index (κ1) is 10.5. The summed E-state index contributed by atoms with van der Waals surface area (Å²) >= 11 is 0. The van der Waals surface area contributed by atoms with Crippen molar-refractivity contribution < 1.29 is 0 Å². The molecule has 0 spiro atoms. The second-order valence-electron chi connectivity index (χ2n) is 4.62. The van der Waals surface area contributed by atoms with E-state index < -0.39 is 0 Å². The molecule has 1 atom stereocenters. The molecule has 1 N–H and O–H groups in total. The molecule has 1 aliphatic rings. The van der Waals surface area contributed by atoms with Crippen LogP contribution in [0.3, 0.4) is 0 Å². The Morgan fingerprint density at radius 2 is 2.35 bits per heavy atom. The fourth-order valence-corrected chi connectivity index (χ4v) is 2.38. The first-order valence-corrected chi connectivity index (χ1v) is 5.94. The van der Waals surface area contributed by atoms with Crippen LogP contribution in [-0.4, -0.2) is 22.6 Å². The van der Waals surface area contributed by atoms with Gasteiger partial charge in [0, 0.05) is 6.54 Å². The summed E-state index contributed by atoms with van der Waals surface area (Å²) in [6.45, 7) is 3.84. The molecule has 1 aromatic heterocycles. The van der Waals surface area contributed by atoms with Gasteiger partial charge in [-0.3, -0.25) is 9.36 Å². The van der Waals surface area contributed by atoms with Gasteiger partial charge in [-0.1, -0.05) is 6.07 Å². The molecule has 2 heterocycles. The van der Waals surface area contributed by atoms with Crippen molar-refractivity contribution in [2.45, 2.75) is 19.4 Å². The molecule has 4 heteroatoms. The van der Waals surface area contributed by atoms with E-state index in [1.54, 1.807) is 10.9 Å². The molecule has 0 amide bonds. The van der Waals surface area contributed by atoms with Gasteiger partial charge in [-0.05, 0) is 37.6 Å². The molecule has 17 heavy (non-hydrogen) atoms. The number of benzene rings is 1. The lowest BCUT2D eigenvalue weighted by Crippen LogP contribution is -2.26. The molecule has 0 saturated carbocycles. The molecular weight excluding hydrogens is 214 g/mol. The van der Waals surface area contributed by atoms with Crippen LogP contribution in [0.1, 0.15) is 18.0 Å². The molecule has 0 bridgehead atoms. The molecule has 0 aliphatic carbocycles. The maximum atomic E-state index is 12.3. The normalized spacial score (nSPS) is 19.9. The van der Waals surface area contributed by atoms with E-state index in [-0.39, 0.29) is 11.6 Å². The number of nitrogens with zero attached hydrogens (tertiary/aromatic N) is 2. The van der Waals surface area contributed by atoms with Gasteiger partial charge in [0.1, 0.15) is 0 Å². The number of aryl methyl sites for hydroxylation is 1. The molecule has 1 aliphatic heterocycles. The Bertz CT molecular complexity index is 612. The second kappa shape index (κ2) is 3.96. The van der Waals surface area contributed by atoms with Crippen molar-refractivity contribution in [1.82, 2.24) is 14.9 Å². The smallest absolute Gasteiger partial charge is 0.261 e. The molecule has 4 nitrogen and oxygen atoms in total. The summed E-state index contributed by atoms with van der Waals surface area (Å²) in [5.41, 5.74) is 1.99. The Kier molecular flexibility index (Phi) is 2.44. The van der Waals surface area contributed by atoms with E-state index in [1.807, 2.05) is 25.1 Å². The number of aromatic nitrogens is 2.